The van der Waals surface area contributed by atoms with Gasteiger partial charge in [-0.2, -0.15) is 10.2 Å². The number of aromatic nitrogens is 5. The maximum atomic E-state index is 5.59. The number of rotatable bonds is 2. The second kappa shape index (κ2) is 3.54. The van der Waals surface area contributed by atoms with Crippen LogP contribution < -0.4 is 5.73 Å². The van der Waals surface area contributed by atoms with Gasteiger partial charge in [0.25, 0.3) is 0 Å². The van der Waals surface area contributed by atoms with Crippen molar-refractivity contribution < 1.29 is 0 Å². The Morgan fingerprint density at radius 3 is 3.00 bits per heavy atom. The minimum atomic E-state index is 0.348. The lowest BCUT2D eigenvalue weighted by Gasteiger charge is -2.01. The Labute approximate surface area is 84.8 Å². The highest BCUT2D eigenvalue weighted by Crippen LogP contribution is 2.02. The van der Waals surface area contributed by atoms with Crippen LogP contribution in [-0.2, 0) is 6.54 Å². The van der Waals surface area contributed by atoms with E-state index in [0.717, 1.165) is 5.69 Å². The summed E-state index contributed by atoms with van der Waals surface area (Å²) in [5.74, 6) is 0.348. The quantitative estimate of drug-likeness (QED) is 0.696. The molecule has 0 spiro atoms. The molecular weight excluding hydrogens is 200 g/mol. The lowest BCUT2D eigenvalue weighted by molar-refractivity contribution is 0.750. The summed E-state index contributed by atoms with van der Waals surface area (Å²) in [5, 5.41) is 14.1. The number of nitrogens with two attached hydrogens (primary N) is 1. The number of aromatic amines is 1. The summed E-state index contributed by atoms with van der Waals surface area (Å²) in [6.07, 6.45) is 1.61. The Morgan fingerprint density at radius 2 is 2.43 bits per heavy atom. The Morgan fingerprint density at radius 1 is 1.57 bits per heavy atom. The first-order chi connectivity index (χ1) is 6.77. The summed E-state index contributed by atoms with van der Waals surface area (Å²) in [4.78, 5) is 0. The molecule has 2 heterocycles. The molecule has 0 unspecified atom stereocenters. The number of hydrogen-bond acceptors (Lipinski definition) is 5. The topological polar surface area (TPSA) is 85.4 Å². The van der Waals surface area contributed by atoms with Gasteiger partial charge in [0.05, 0.1) is 12.2 Å². The summed E-state index contributed by atoms with van der Waals surface area (Å²) < 4.78 is 2.13. The molecule has 0 fully saturated rings. The summed E-state index contributed by atoms with van der Waals surface area (Å²) >= 11 is 4.99. The normalized spacial score (nSPS) is 10.3. The summed E-state index contributed by atoms with van der Waals surface area (Å²) in [6.45, 7) is 0.481. The van der Waals surface area contributed by atoms with Crippen LogP contribution in [0.4, 0.5) is 5.95 Å². The fourth-order valence-corrected chi connectivity index (χ4v) is 1.27. The van der Waals surface area contributed by atoms with Crippen molar-refractivity contribution in [2.24, 2.45) is 0 Å². The molecule has 2 aromatic rings. The Hall–Kier alpha value is -1.76. The van der Waals surface area contributed by atoms with E-state index in [1.165, 1.54) is 0 Å². The van der Waals surface area contributed by atoms with Gasteiger partial charge in [-0.25, -0.2) is 5.10 Å². The number of nitrogens with one attached hydrogen (secondary N) is 1. The Balaban J connectivity index is 2.32. The van der Waals surface area contributed by atoms with Gasteiger partial charge in [0, 0.05) is 6.20 Å². The molecule has 0 atom stereocenters. The molecule has 7 heteroatoms. The molecule has 0 saturated carbocycles. The summed E-state index contributed by atoms with van der Waals surface area (Å²) in [5.41, 5.74) is 6.38. The predicted octanol–water partition coefficient (Wildman–Crippen LogP) is 0.361. The first-order valence-corrected chi connectivity index (χ1v) is 4.35. The van der Waals surface area contributed by atoms with Crippen LogP contribution in [0.3, 0.4) is 0 Å². The van der Waals surface area contributed by atoms with E-state index in [2.05, 4.69) is 20.4 Å². The lowest BCUT2D eigenvalue weighted by Crippen LogP contribution is -2.06. The molecule has 0 aliphatic carbocycles. The Kier molecular flexibility index (Phi) is 2.23. The molecule has 2 rings (SSSR count). The monoisotopic (exact) mass is 208 g/mol. The molecule has 3 N–H and O–H groups in total. The molecule has 0 aliphatic rings. The van der Waals surface area contributed by atoms with Crippen LogP contribution in [-0.4, -0.2) is 25.0 Å². The molecular formula is C7H8N6S. The van der Waals surface area contributed by atoms with E-state index < -0.39 is 0 Å². The maximum absolute atomic E-state index is 5.59. The zero-order valence-electron chi connectivity index (χ0n) is 7.21. The second-order valence-electron chi connectivity index (χ2n) is 2.69. The van der Waals surface area contributed by atoms with Crippen molar-refractivity contribution in [1.82, 2.24) is 25.0 Å². The Bertz CT molecular complexity index is 472. The average Bonchev–Trinajstić information content (AvgIpc) is 2.51. The summed E-state index contributed by atoms with van der Waals surface area (Å²) in [6, 6.07) is 3.66. The van der Waals surface area contributed by atoms with Gasteiger partial charge in [0.1, 0.15) is 0 Å². The van der Waals surface area contributed by atoms with Crippen LogP contribution in [0.2, 0.25) is 0 Å². The van der Waals surface area contributed by atoms with Gasteiger partial charge in [-0.15, -0.1) is 5.10 Å². The molecule has 14 heavy (non-hydrogen) atoms. The van der Waals surface area contributed by atoms with Crippen LogP contribution in [0.15, 0.2) is 18.3 Å². The first kappa shape index (κ1) is 8.82. The predicted molar refractivity (Wildman–Crippen MR) is 53.0 cm³/mol. The second-order valence-corrected chi connectivity index (χ2v) is 3.07. The lowest BCUT2D eigenvalue weighted by atomic mass is 10.4. The van der Waals surface area contributed by atoms with Gasteiger partial charge in [-0.05, 0) is 24.4 Å². The SMILES string of the molecule is Nc1n[nH]c(=S)n1Cc1cccnn1. The molecule has 0 saturated heterocycles. The molecule has 0 radical (unpaired) electrons. The smallest absolute Gasteiger partial charge is 0.220 e. The van der Waals surface area contributed by atoms with Gasteiger partial charge < -0.3 is 5.73 Å². The summed E-state index contributed by atoms with van der Waals surface area (Å²) in [7, 11) is 0. The van der Waals surface area contributed by atoms with E-state index >= 15 is 0 Å². The molecule has 2 aromatic heterocycles. The third-order valence-electron chi connectivity index (χ3n) is 1.74. The van der Waals surface area contributed by atoms with E-state index in [0.29, 0.717) is 17.3 Å². The van der Waals surface area contributed by atoms with Crippen LogP contribution in [0.5, 0.6) is 0 Å². The highest BCUT2D eigenvalue weighted by Gasteiger charge is 2.02. The largest absolute Gasteiger partial charge is 0.368 e. The third kappa shape index (κ3) is 1.62. The van der Waals surface area contributed by atoms with Crippen molar-refractivity contribution in [2.45, 2.75) is 6.54 Å². The standard InChI is InChI=1S/C7H8N6S/c8-6-11-12-7(14)13(6)4-5-2-1-3-9-10-5/h1-3H,4H2,(H2,8,11)(H,12,14). The molecule has 6 nitrogen and oxygen atoms in total. The number of anilines is 1. The number of hydrogen-bond donors (Lipinski definition) is 2. The van der Waals surface area contributed by atoms with Crippen LogP contribution in [0.25, 0.3) is 0 Å². The van der Waals surface area contributed by atoms with Gasteiger partial charge in [0.2, 0.25) is 5.95 Å². The molecule has 0 bridgehead atoms. The number of H-pyrrole nitrogens is 1. The van der Waals surface area contributed by atoms with E-state index in [9.17, 15) is 0 Å². The van der Waals surface area contributed by atoms with Crippen molar-refractivity contribution in [2.75, 3.05) is 5.73 Å². The number of nitrogen functional groups attached to an aromatic ring is 1. The van der Waals surface area contributed by atoms with E-state index in [4.69, 9.17) is 18.0 Å². The molecule has 0 aliphatic heterocycles. The minimum Gasteiger partial charge on any atom is -0.368 e. The van der Waals surface area contributed by atoms with Crippen molar-refractivity contribution in [3.8, 4) is 0 Å². The molecule has 0 amide bonds. The van der Waals surface area contributed by atoms with Gasteiger partial charge >= 0.3 is 0 Å². The van der Waals surface area contributed by atoms with Crippen LogP contribution >= 0.6 is 12.2 Å². The zero-order chi connectivity index (χ0) is 9.97. The first-order valence-electron chi connectivity index (χ1n) is 3.94. The maximum Gasteiger partial charge on any atom is 0.220 e. The van der Waals surface area contributed by atoms with Crippen molar-refractivity contribution in [1.29, 1.82) is 0 Å². The van der Waals surface area contributed by atoms with Crippen molar-refractivity contribution in [3.63, 3.8) is 0 Å². The van der Waals surface area contributed by atoms with Crippen LogP contribution in [0, 0.1) is 4.77 Å². The van der Waals surface area contributed by atoms with E-state index in [1.54, 1.807) is 10.8 Å². The van der Waals surface area contributed by atoms with E-state index in [1.807, 2.05) is 12.1 Å². The molecule has 0 aromatic carbocycles. The van der Waals surface area contributed by atoms with Gasteiger partial charge in [0.15, 0.2) is 4.77 Å². The fraction of sp³-hybridized carbons (Fsp3) is 0.143. The van der Waals surface area contributed by atoms with E-state index in [-0.39, 0.29) is 0 Å². The highest BCUT2D eigenvalue weighted by atomic mass is 32.1. The van der Waals surface area contributed by atoms with Gasteiger partial charge in [-0.1, -0.05) is 0 Å². The third-order valence-corrected chi connectivity index (χ3v) is 2.05. The number of nitrogens with zero attached hydrogens (tertiary/aromatic N) is 4. The zero-order valence-corrected chi connectivity index (χ0v) is 8.03. The minimum absolute atomic E-state index is 0.348. The van der Waals surface area contributed by atoms with Crippen LogP contribution in [0.1, 0.15) is 5.69 Å². The average molecular weight is 208 g/mol. The van der Waals surface area contributed by atoms with Crippen molar-refractivity contribution in [3.05, 3.63) is 28.8 Å². The molecule has 72 valence electrons. The fourth-order valence-electron chi connectivity index (χ4n) is 1.06. The van der Waals surface area contributed by atoms with Crippen molar-refractivity contribution >= 4 is 18.2 Å². The highest BCUT2D eigenvalue weighted by molar-refractivity contribution is 7.71. The van der Waals surface area contributed by atoms with Gasteiger partial charge in [-0.3, -0.25) is 4.57 Å².